The van der Waals surface area contributed by atoms with Gasteiger partial charge in [-0.05, 0) is 56.3 Å². The first-order chi connectivity index (χ1) is 8.75. The SMILES string of the molecule is CN1[C@@H](c2cccc(O)c2)CC[C@H]2CCCC[C@@H]21. The van der Waals surface area contributed by atoms with Crippen LogP contribution in [-0.4, -0.2) is 23.1 Å². The zero-order chi connectivity index (χ0) is 12.5. The van der Waals surface area contributed by atoms with Crippen molar-refractivity contribution in [3.63, 3.8) is 0 Å². The van der Waals surface area contributed by atoms with Gasteiger partial charge in [0.2, 0.25) is 0 Å². The van der Waals surface area contributed by atoms with Gasteiger partial charge in [0, 0.05) is 12.1 Å². The van der Waals surface area contributed by atoms with Crippen LogP contribution in [-0.2, 0) is 0 Å². The van der Waals surface area contributed by atoms with Crippen LogP contribution < -0.4 is 0 Å². The lowest BCUT2D eigenvalue weighted by atomic mass is 9.75. The van der Waals surface area contributed by atoms with E-state index in [9.17, 15) is 5.11 Å². The number of rotatable bonds is 1. The fraction of sp³-hybridized carbons (Fsp3) is 0.625. The highest BCUT2D eigenvalue weighted by molar-refractivity contribution is 5.29. The van der Waals surface area contributed by atoms with E-state index in [2.05, 4.69) is 18.0 Å². The van der Waals surface area contributed by atoms with E-state index in [-0.39, 0.29) is 0 Å². The second-order valence-corrected chi connectivity index (χ2v) is 5.97. The summed E-state index contributed by atoms with van der Waals surface area (Å²) in [6.45, 7) is 0. The van der Waals surface area contributed by atoms with E-state index in [1.54, 1.807) is 6.07 Å². The van der Waals surface area contributed by atoms with Gasteiger partial charge >= 0.3 is 0 Å². The highest BCUT2D eigenvalue weighted by Crippen LogP contribution is 2.42. The Balaban J connectivity index is 1.81. The molecule has 1 heterocycles. The van der Waals surface area contributed by atoms with Crippen LogP contribution in [0.25, 0.3) is 0 Å². The molecule has 1 aromatic rings. The lowest BCUT2D eigenvalue weighted by Gasteiger charge is -2.47. The fourth-order valence-corrected chi connectivity index (χ4v) is 4.00. The van der Waals surface area contributed by atoms with Crippen LogP contribution in [0, 0.1) is 5.92 Å². The summed E-state index contributed by atoms with van der Waals surface area (Å²) in [5.41, 5.74) is 1.28. The summed E-state index contributed by atoms with van der Waals surface area (Å²) >= 11 is 0. The standard InChI is InChI=1S/C16H23NO/c1-17-15-8-3-2-5-12(15)9-10-16(17)13-6-4-7-14(18)11-13/h4,6-7,11-12,15-16,18H,2-3,5,8-10H2,1H3/t12-,15+,16-/m1/s1. The van der Waals surface area contributed by atoms with Crippen LogP contribution in [0.4, 0.5) is 0 Å². The van der Waals surface area contributed by atoms with E-state index in [0.29, 0.717) is 11.8 Å². The average Bonchev–Trinajstić information content (AvgIpc) is 2.39. The number of phenolic OH excluding ortho intramolecular Hbond substituents is 1. The minimum atomic E-state index is 0.395. The molecular formula is C16H23NO. The Bertz CT molecular complexity index is 417. The van der Waals surface area contributed by atoms with Crippen molar-refractivity contribution in [2.24, 2.45) is 5.92 Å². The van der Waals surface area contributed by atoms with Crippen LogP contribution in [0.3, 0.4) is 0 Å². The van der Waals surface area contributed by atoms with Crippen molar-refractivity contribution >= 4 is 0 Å². The lowest BCUT2D eigenvalue weighted by molar-refractivity contribution is 0.0363. The van der Waals surface area contributed by atoms with Gasteiger partial charge in [0.25, 0.3) is 0 Å². The molecule has 1 aliphatic heterocycles. The van der Waals surface area contributed by atoms with Gasteiger partial charge in [0.15, 0.2) is 0 Å². The third kappa shape index (κ3) is 2.14. The van der Waals surface area contributed by atoms with Crippen LogP contribution in [0.1, 0.15) is 50.1 Å². The third-order valence-electron chi connectivity index (χ3n) is 4.95. The molecule has 0 aromatic heterocycles. The molecule has 2 heteroatoms. The molecule has 2 fully saturated rings. The molecule has 0 unspecified atom stereocenters. The molecule has 1 aromatic carbocycles. The predicted molar refractivity (Wildman–Crippen MR) is 73.6 cm³/mol. The number of hydrogen-bond acceptors (Lipinski definition) is 2. The van der Waals surface area contributed by atoms with E-state index >= 15 is 0 Å². The summed E-state index contributed by atoms with van der Waals surface area (Å²) < 4.78 is 0. The first-order valence-corrected chi connectivity index (χ1v) is 7.26. The number of piperidine rings is 1. The highest BCUT2D eigenvalue weighted by Gasteiger charge is 2.36. The number of aromatic hydroxyl groups is 1. The maximum atomic E-state index is 9.64. The maximum absolute atomic E-state index is 9.64. The first-order valence-electron chi connectivity index (χ1n) is 7.26. The van der Waals surface area contributed by atoms with E-state index < -0.39 is 0 Å². The summed E-state index contributed by atoms with van der Waals surface area (Å²) in [7, 11) is 2.27. The normalized spacial score (nSPS) is 33.1. The molecule has 0 bridgehead atoms. The molecule has 2 aliphatic rings. The summed E-state index contributed by atoms with van der Waals surface area (Å²) in [6, 6.07) is 9.08. The minimum absolute atomic E-state index is 0.395. The van der Waals surface area contributed by atoms with Gasteiger partial charge in [-0.1, -0.05) is 25.0 Å². The summed E-state index contributed by atoms with van der Waals surface area (Å²) in [5.74, 6) is 1.31. The van der Waals surface area contributed by atoms with Crippen LogP contribution in [0.2, 0.25) is 0 Å². The van der Waals surface area contributed by atoms with Gasteiger partial charge in [-0.2, -0.15) is 0 Å². The number of phenols is 1. The van der Waals surface area contributed by atoms with Gasteiger partial charge in [-0.3, -0.25) is 4.90 Å². The van der Waals surface area contributed by atoms with Crippen molar-refractivity contribution in [1.29, 1.82) is 0 Å². The molecule has 0 amide bonds. The molecule has 1 saturated carbocycles. The maximum Gasteiger partial charge on any atom is 0.115 e. The van der Waals surface area contributed by atoms with Crippen LogP contribution in [0.15, 0.2) is 24.3 Å². The highest BCUT2D eigenvalue weighted by atomic mass is 16.3. The molecule has 98 valence electrons. The van der Waals surface area contributed by atoms with Crippen molar-refractivity contribution in [2.45, 2.75) is 50.6 Å². The van der Waals surface area contributed by atoms with Crippen molar-refractivity contribution in [3.05, 3.63) is 29.8 Å². The Morgan fingerprint density at radius 3 is 2.78 bits per heavy atom. The number of likely N-dealkylation sites (tertiary alicyclic amines) is 1. The molecule has 3 rings (SSSR count). The summed E-state index contributed by atoms with van der Waals surface area (Å²) in [5, 5.41) is 9.64. The van der Waals surface area contributed by atoms with Crippen LogP contribution in [0.5, 0.6) is 5.75 Å². The number of hydrogen-bond donors (Lipinski definition) is 1. The number of fused-ring (bicyclic) bond motifs is 1. The number of nitrogens with zero attached hydrogens (tertiary/aromatic N) is 1. The molecule has 0 radical (unpaired) electrons. The molecule has 0 spiro atoms. The summed E-state index contributed by atoms with van der Waals surface area (Å²) in [4.78, 5) is 2.57. The Kier molecular flexibility index (Phi) is 3.29. The van der Waals surface area contributed by atoms with E-state index in [1.165, 1.54) is 44.1 Å². The topological polar surface area (TPSA) is 23.5 Å². The second-order valence-electron chi connectivity index (χ2n) is 5.97. The Morgan fingerprint density at radius 2 is 1.94 bits per heavy atom. The molecule has 2 nitrogen and oxygen atoms in total. The van der Waals surface area contributed by atoms with Gasteiger partial charge in [0.05, 0.1) is 0 Å². The third-order valence-corrected chi connectivity index (χ3v) is 4.95. The van der Waals surface area contributed by atoms with E-state index in [4.69, 9.17) is 0 Å². The molecule has 1 aliphatic carbocycles. The fourth-order valence-electron chi connectivity index (χ4n) is 4.00. The second kappa shape index (κ2) is 4.93. The lowest BCUT2D eigenvalue weighted by Crippen LogP contribution is -2.46. The zero-order valence-corrected chi connectivity index (χ0v) is 11.2. The average molecular weight is 245 g/mol. The van der Waals surface area contributed by atoms with Gasteiger partial charge in [0.1, 0.15) is 5.75 Å². The van der Waals surface area contributed by atoms with E-state index in [1.807, 2.05) is 12.1 Å². The van der Waals surface area contributed by atoms with Crippen molar-refractivity contribution < 1.29 is 5.11 Å². The predicted octanol–water partition coefficient (Wildman–Crippen LogP) is 3.72. The number of benzene rings is 1. The van der Waals surface area contributed by atoms with E-state index in [0.717, 1.165) is 12.0 Å². The first kappa shape index (κ1) is 12.0. The zero-order valence-electron chi connectivity index (χ0n) is 11.2. The minimum Gasteiger partial charge on any atom is -0.508 e. The molecule has 1 saturated heterocycles. The Morgan fingerprint density at radius 1 is 1.11 bits per heavy atom. The molecule has 1 N–H and O–H groups in total. The Hall–Kier alpha value is -1.02. The van der Waals surface area contributed by atoms with Crippen molar-refractivity contribution in [1.82, 2.24) is 4.90 Å². The summed E-state index contributed by atoms with van der Waals surface area (Å²) in [6.07, 6.45) is 8.18. The van der Waals surface area contributed by atoms with Crippen molar-refractivity contribution in [3.8, 4) is 5.75 Å². The van der Waals surface area contributed by atoms with Gasteiger partial charge in [-0.15, -0.1) is 0 Å². The molecular weight excluding hydrogens is 222 g/mol. The quantitative estimate of drug-likeness (QED) is 0.815. The monoisotopic (exact) mass is 245 g/mol. The molecule has 3 atom stereocenters. The van der Waals surface area contributed by atoms with Crippen molar-refractivity contribution in [2.75, 3.05) is 7.05 Å². The van der Waals surface area contributed by atoms with Crippen LogP contribution >= 0.6 is 0 Å². The smallest absolute Gasteiger partial charge is 0.115 e. The van der Waals surface area contributed by atoms with Gasteiger partial charge in [-0.25, -0.2) is 0 Å². The Labute approximate surface area is 110 Å². The largest absolute Gasteiger partial charge is 0.508 e. The van der Waals surface area contributed by atoms with Gasteiger partial charge < -0.3 is 5.11 Å². The molecule has 18 heavy (non-hydrogen) atoms.